The van der Waals surface area contributed by atoms with Gasteiger partial charge in [-0.2, -0.15) is 0 Å². The number of carbonyl (C=O) groups is 3. The van der Waals surface area contributed by atoms with E-state index in [0.29, 0.717) is 34.0 Å². The quantitative estimate of drug-likeness (QED) is 0.286. The first kappa shape index (κ1) is 28.7. The second-order valence-electron chi connectivity index (χ2n) is 8.53. The van der Waals surface area contributed by atoms with Crippen molar-refractivity contribution in [2.24, 2.45) is 0 Å². The predicted octanol–water partition coefficient (Wildman–Crippen LogP) is 3.56. The van der Waals surface area contributed by atoms with Crippen LogP contribution in [0.5, 0.6) is 17.2 Å². The molecular weight excluding hydrogens is 472 g/mol. The smallest absolute Gasteiger partial charge is 0.342 e. The van der Waals surface area contributed by atoms with Crippen molar-refractivity contribution in [2.45, 2.75) is 72.4 Å². The molecule has 0 amide bonds. The van der Waals surface area contributed by atoms with Crippen LogP contribution in [0.2, 0.25) is 0 Å². The Labute approximate surface area is 210 Å². The summed E-state index contributed by atoms with van der Waals surface area (Å²) in [6.45, 7) is 10.6. The maximum Gasteiger partial charge on any atom is 0.342 e. The van der Waals surface area contributed by atoms with E-state index in [9.17, 15) is 19.5 Å². The highest BCUT2D eigenvalue weighted by Gasteiger charge is 2.43. The zero-order valence-electron chi connectivity index (χ0n) is 21.9. The number of esters is 3. The van der Waals surface area contributed by atoms with E-state index in [1.165, 1.54) is 27.9 Å². The minimum Gasteiger partial charge on any atom is -0.493 e. The molecule has 1 aliphatic rings. The van der Waals surface area contributed by atoms with Gasteiger partial charge in [0.1, 0.15) is 12.2 Å². The molecule has 10 heteroatoms. The Kier molecular flexibility index (Phi) is 9.52. The van der Waals surface area contributed by atoms with Crippen LogP contribution in [0, 0.1) is 0 Å². The van der Waals surface area contributed by atoms with Gasteiger partial charge in [0.2, 0.25) is 12.5 Å². The largest absolute Gasteiger partial charge is 0.493 e. The van der Waals surface area contributed by atoms with Crippen molar-refractivity contribution in [3.05, 3.63) is 41.0 Å². The Morgan fingerprint density at radius 2 is 1.58 bits per heavy atom. The number of benzene rings is 1. The van der Waals surface area contributed by atoms with Crippen molar-refractivity contribution < 1.29 is 47.9 Å². The molecule has 36 heavy (non-hydrogen) atoms. The van der Waals surface area contributed by atoms with Crippen LogP contribution in [-0.2, 0) is 28.6 Å². The third kappa shape index (κ3) is 6.37. The number of aliphatic hydroxyl groups is 1. The van der Waals surface area contributed by atoms with Gasteiger partial charge in [-0.3, -0.25) is 0 Å². The zero-order chi connectivity index (χ0) is 27.2. The maximum absolute atomic E-state index is 13.0. The van der Waals surface area contributed by atoms with Crippen molar-refractivity contribution in [3.8, 4) is 17.2 Å². The van der Waals surface area contributed by atoms with E-state index in [-0.39, 0.29) is 6.79 Å². The van der Waals surface area contributed by atoms with Gasteiger partial charge in [0, 0.05) is 16.7 Å². The van der Waals surface area contributed by atoms with E-state index in [2.05, 4.69) is 0 Å². The lowest BCUT2D eigenvalue weighted by atomic mass is 9.99. The monoisotopic (exact) mass is 506 g/mol. The summed E-state index contributed by atoms with van der Waals surface area (Å²) in [5, 5.41) is 10.8. The SMILES string of the molecule is C/C=C(/C)C(=O)OC(C)C(C)(O)C(=O)O[C@@H](C)[C@@H](OC(=O)/C(C)=C\C)c1cc(OC)c2c(c1)OCO2. The van der Waals surface area contributed by atoms with Crippen LogP contribution in [-0.4, -0.2) is 54.7 Å². The van der Waals surface area contributed by atoms with Gasteiger partial charge in [-0.05, 0) is 60.6 Å². The Hall–Kier alpha value is -3.53. The Morgan fingerprint density at radius 1 is 1.00 bits per heavy atom. The van der Waals surface area contributed by atoms with E-state index >= 15 is 0 Å². The number of ether oxygens (including phenoxy) is 6. The summed E-state index contributed by atoms with van der Waals surface area (Å²) in [5.74, 6) is -1.25. The molecule has 0 saturated heterocycles. The molecule has 198 valence electrons. The molecule has 0 aromatic heterocycles. The molecule has 2 rings (SSSR count). The lowest BCUT2D eigenvalue weighted by molar-refractivity contribution is -0.192. The standard InChI is InChI=1S/C26H34O10/c1-9-14(3)23(27)35-17(6)26(7,30)25(29)34-16(5)21(36-24(28)15(4)10-2)18-11-19(31-8)22-20(12-18)32-13-33-22/h9-12,16-17,21,30H,13H2,1-8H3/b14-9-,15-10-/t16-,17?,21+,26?/m0/s1. The highest BCUT2D eigenvalue weighted by Crippen LogP contribution is 2.44. The second kappa shape index (κ2) is 11.9. The normalized spacial score (nSPS) is 17.4. The van der Waals surface area contributed by atoms with Gasteiger partial charge in [0.05, 0.1) is 7.11 Å². The lowest BCUT2D eigenvalue weighted by Gasteiger charge is -2.31. The van der Waals surface area contributed by atoms with Gasteiger partial charge in [0.15, 0.2) is 23.2 Å². The van der Waals surface area contributed by atoms with E-state index in [1.807, 2.05) is 0 Å². The number of fused-ring (bicyclic) bond motifs is 1. The fraction of sp³-hybridized carbons (Fsp3) is 0.500. The van der Waals surface area contributed by atoms with Gasteiger partial charge in [-0.25, -0.2) is 14.4 Å². The molecule has 1 aliphatic heterocycles. The van der Waals surface area contributed by atoms with Gasteiger partial charge in [-0.15, -0.1) is 0 Å². The third-order valence-corrected chi connectivity index (χ3v) is 5.96. The summed E-state index contributed by atoms with van der Waals surface area (Å²) in [6, 6.07) is 3.18. The Balaban J connectivity index is 2.34. The van der Waals surface area contributed by atoms with E-state index in [1.54, 1.807) is 52.0 Å². The van der Waals surface area contributed by atoms with E-state index in [4.69, 9.17) is 28.4 Å². The molecule has 1 aromatic rings. The first-order chi connectivity index (χ1) is 16.9. The number of rotatable bonds is 10. The van der Waals surface area contributed by atoms with Crippen LogP contribution in [0.1, 0.15) is 60.1 Å². The molecule has 0 aliphatic carbocycles. The summed E-state index contributed by atoms with van der Waals surface area (Å²) >= 11 is 0. The number of hydrogen-bond donors (Lipinski definition) is 1. The molecule has 0 bridgehead atoms. The summed E-state index contributed by atoms with van der Waals surface area (Å²) in [5.41, 5.74) is -1.10. The number of methoxy groups -OCH3 is 1. The molecule has 0 radical (unpaired) electrons. The van der Waals surface area contributed by atoms with Crippen LogP contribution < -0.4 is 14.2 Å². The van der Waals surface area contributed by atoms with Crippen molar-refractivity contribution in [2.75, 3.05) is 13.9 Å². The van der Waals surface area contributed by atoms with Crippen LogP contribution in [0.3, 0.4) is 0 Å². The van der Waals surface area contributed by atoms with Gasteiger partial charge < -0.3 is 33.5 Å². The molecular formula is C26H34O10. The highest BCUT2D eigenvalue weighted by atomic mass is 16.7. The van der Waals surface area contributed by atoms with E-state index in [0.717, 1.165) is 0 Å². The summed E-state index contributed by atoms with van der Waals surface area (Å²) in [7, 11) is 1.45. The van der Waals surface area contributed by atoms with Crippen molar-refractivity contribution in [1.29, 1.82) is 0 Å². The van der Waals surface area contributed by atoms with Crippen LogP contribution in [0.25, 0.3) is 0 Å². The Bertz CT molecular complexity index is 1050. The molecule has 10 nitrogen and oxygen atoms in total. The van der Waals surface area contributed by atoms with Crippen LogP contribution in [0.4, 0.5) is 0 Å². The summed E-state index contributed by atoms with van der Waals surface area (Å²) < 4.78 is 32.7. The fourth-order valence-corrected chi connectivity index (χ4v) is 3.08. The highest BCUT2D eigenvalue weighted by molar-refractivity contribution is 5.89. The first-order valence-electron chi connectivity index (χ1n) is 11.5. The molecule has 2 unspecified atom stereocenters. The van der Waals surface area contributed by atoms with E-state index < -0.39 is 41.8 Å². The van der Waals surface area contributed by atoms with Crippen LogP contribution >= 0.6 is 0 Å². The molecule has 0 spiro atoms. The fourth-order valence-electron chi connectivity index (χ4n) is 3.08. The second-order valence-corrected chi connectivity index (χ2v) is 8.53. The van der Waals surface area contributed by atoms with Gasteiger partial charge >= 0.3 is 17.9 Å². The van der Waals surface area contributed by atoms with Gasteiger partial charge in [0.25, 0.3) is 0 Å². The average molecular weight is 507 g/mol. The average Bonchev–Trinajstić information content (AvgIpc) is 3.33. The summed E-state index contributed by atoms with van der Waals surface area (Å²) in [4.78, 5) is 37.7. The third-order valence-electron chi connectivity index (χ3n) is 5.96. The molecule has 1 N–H and O–H groups in total. The van der Waals surface area contributed by atoms with Gasteiger partial charge in [-0.1, -0.05) is 12.2 Å². The maximum atomic E-state index is 13.0. The predicted molar refractivity (Wildman–Crippen MR) is 129 cm³/mol. The molecule has 4 atom stereocenters. The topological polar surface area (TPSA) is 127 Å². The lowest BCUT2D eigenvalue weighted by Crippen LogP contribution is -2.49. The van der Waals surface area contributed by atoms with Crippen molar-refractivity contribution >= 4 is 17.9 Å². The first-order valence-corrected chi connectivity index (χ1v) is 11.5. The van der Waals surface area contributed by atoms with Crippen LogP contribution in [0.15, 0.2) is 35.4 Å². The minimum absolute atomic E-state index is 0.00596. The minimum atomic E-state index is -2.18. The molecule has 1 heterocycles. The zero-order valence-corrected chi connectivity index (χ0v) is 21.9. The Morgan fingerprint density at radius 3 is 2.14 bits per heavy atom. The number of allylic oxidation sites excluding steroid dienone is 2. The molecule has 0 fully saturated rings. The van der Waals surface area contributed by atoms with Crippen molar-refractivity contribution in [3.63, 3.8) is 0 Å². The number of carbonyl (C=O) groups excluding carboxylic acids is 3. The summed E-state index contributed by atoms with van der Waals surface area (Å²) in [6.07, 6.45) is -0.252. The van der Waals surface area contributed by atoms with Crippen molar-refractivity contribution in [1.82, 2.24) is 0 Å². The molecule has 1 aromatic carbocycles. The molecule has 0 saturated carbocycles. The number of hydrogen-bond acceptors (Lipinski definition) is 10.